The molecule has 4 aliphatic carbocycles. The van der Waals surface area contributed by atoms with Crippen LogP contribution in [0.1, 0.15) is 16.8 Å². The van der Waals surface area contributed by atoms with Gasteiger partial charge in [-0.3, -0.25) is 24.1 Å². The molecule has 1 aliphatic heterocycles. The fraction of sp³-hybridized carbons (Fsp3) is 0.429. The molecule has 0 unspecified atom stereocenters. The number of carbonyl (C=O) groups excluding carboxylic acids is 4. The maximum absolute atomic E-state index is 12.8. The van der Waals surface area contributed by atoms with Gasteiger partial charge in [0.15, 0.2) is 6.61 Å². The fourth-order valence-corrected chi connectivity index (χ4v) is 5.80. The zero-order chi connectivity index (χ0) is 20.4. The Morgan fingerprint density at radius 3 is 2.24 bits per heavy atom. The molecule has 0 aromatic heterocycles. The predicted molar refractivity (Wildman–Crippen MR) is 103 cm³/mol. The van der Waals surface area contributed by atoms with E-state index in [1.165, 1.54) is 18.2 Å². The topological polar surface area (TPSA) is 80.8 Å². The van der Waals surface area contributed by atoms with Crippen molar-refractivity contribution in [2.24, 2.45) is 35.5 Å². The lowest BCUT2D eigenvalue weighted by Gasteiger charge is -2.37. The molecule has 1 heterocycles. The number of benzene rings is 1. The highest BCUT2D eigenvalue weighted by Crippen LogP contribution is 2.65. The lowest BCUT2D eigenvalue weighted by atomic mass is 9.63. The number of nitrogens with zero attached hydrogens (tertiary/aromatic N) is 1. The molecule has 1 aromatic carbocycles. The van der Waals surface area contributed by atoms with Crippen molar-refractivity contribution in [2.75, 3.05) is 13.2 Å². The predicted octanol–water partition coefficient (Wildman–Crippen LogP) is 2.77. The highest BCUT2D eigenvalue weighted by Gasteiger charge is 2.67. The maximum Gasteiger partial charge on any atom is 0.326 e. The number of Topliss-reactive ketones (excluding diaryl/α,β-unsaturated/α-hetero) is 1. The van der Waals surface area contributed by atoms with E-state index in [0.29, 0.717) is 16.9 Å². The Hall–Kier alpha value is -2.18. The van der Waals surface area contributed by atoms with Gasteiger partial charge >= 0.3 is 5.97 Å². The fourth-order valence-electron chi connectivity index (χ4n) is 5.29. The normalized spacial score (nSPS) is 33.5. The van der Waals surface area contributed by atoms with Gasteiger partial charge in [0.1, 0.15) is 6.54 Å². The van der Waals surface area contributed by atoms with Crippen LogP contribution in [-0.2, 0) is 19.1 Å². The van der Waals surface area contributed by atoms with Gasteiger partial charge in [0.25, 0.3) is 0 Å². The van der Waals surface area contributed by atoms with E-state index in [0.717, 1.165) is 11.3 Å². The standard InChI is InChI=1S/C21H17Cl2NO5/c22-9-1-2-12(15(23)5-9)16(25)8-29-17(26)7-24-20(27)18-10-3-4-11(14-6-13(10)14)19(18)21(24)28/h1-5,10-11,13-14,18-19H,6-8H2/t10-,11+,13-,14-,18+,19+/m1/s1. The molecule has 2 saturated carbocycles. The first-order valence-corrected chi connectivity index (χ1v) is 10.3. The molecule has 3 fully saturated rings. The molecule has 1 aromatic rings. The third kappa shape index (κ3) is 2.92. The Balaban J connectivity index is 1.22. The second-order valence-corrected chi connectivity index (χ2v) is 8.97. The molecule has 0 radical (unpaired) electrons. The minimum atomic E-state index is -0.797. The third-order valence-electron chi connectivity index (χ3n) is 6.64. The van der Waals surface area contributed by atoms with E-state index in [1.54, 1.807) is 0 Å². The number of rotatable bonds is 5. The first-order valence-electron chi connectivity index (χ1n) is 9.54. The first kappa shape index (κ1) is 18.8. The quantitative estimate of drug-likeness (QED) is 0.308. The number of ketones is 1. The number of ether oxygens (including phenoxy) is 1. The van der Waals surface area contributed by atoms with Gasteiger partial charge in [-0.25, -0.2) is 0 Å². The highest BCUT2D eigenvalue weighted by atomic mass is 35.5. The molecular formula is C21H17Cl2NO5. The van der Waals surface area contributed by atoms with Crippen molar-refractivity contribution in [1.29, 1.82) is 0 Å². The summed E-state index contributed by atoms with van der Waals surface area (Å²) >= 11 is 11.8. The third-order valence-corrected chi connectivity index (χ3v) is 7.18. The van der Waals surface area contributed by atoms with Gasteiger partial charge in [-0.2, -0.15) is 0 Å². The molecule has 6 nitrogen and oxygen atoms in total. The summed E-state index contributed by atoms with van der Waals surface area (Å²) in [4.78, 5) is 51.2. The molecule has 6 rings (SSSR count). The van der Waals surface area contributed by atoms with E-state index in [-0.39, 0.29) is 46.1 Å². The summed E-state index contributed by atoms with van der Waals surface area (Å²) in [7, 11) is 0. The number of imide groups is 1. The molecule has 150 valence electrons. The summed E-state index contributed by atoms with van der Waals surface area (Å²) in [6.45, 7) is -0.999. The summed E-state index contributed by atoms with van der Waals surface area (Å²) in [6, 6.07) is 4.39. The molecule has 0 spiro atoms. The number of halogens is 2. The molecule has 29 heavy (non-hydrogen) atoms. The van der Waals surface area contributed by atoms with Crippen molar-refractivity contribution in [3.63, 3.8) is 0 Å². The molecule has 8 heteroatoms. The zero-order valence-corrected chi connectivity index (χ0v) is 16.7. The lowest BCUT2D eigenvalue weighted by molar-refractivity contribution is -0.152. The number of carbonyl (C=O) groups is 4. The van der Waals surface area contributed by atoms with Crippen LogP contribution < -0.4 is 0 Å². The zero-order valence-electron chi connectivity index (χ0n) is 15.2. The van der Waals surface area contributed by atoms with Gasteiger partial charge in [0.2, 0.25) is 17.6 Å². The van der Waals surface area contributed by atoms with Crippen LogP contribution in [0.15, 0.2) is 30.4 Å². The molecular weight excluding hydrogens is 417 g/mol. The van der Waals surface area contributed by atoms with Gasteiger partial charge in [-0.1, -0.05) is 35.4 Å². The van der Waals surface area contributed by atoms with E-state index < -0.39 is 24.9 Å². The molecule has 5 aliphatic rings. The number of likely N-dealkylation sites (tertiary alicyclic amines) is 1. The van der Waals surface area contributed by atoms with Crippen LogP contribution in [-0.4, -0.2) is 41.6 Å². The lowest BCUT2D eigenvalue weighted by Crippen LogP contribution is -2.40. The van der Waals surface area contributed by atoms with Gasteiger partial charge in [0, 0.05) is 10.6 Å². The molecule has 2 amide bonds. The molecule has 1 saturated heterocycles. The maximum atomic E-state index is 12.8. The monoisotopic (exact) mass is 433 g/mol. The van der Waals surface area contributed by atoms with Crippen molar-refractivity contribution in [3.8, 4) is 0 Å². The molecule has 0 N–H and O–H groups in total. The van der Waals surface area contributed by atoms with Gasteiger partial charge in [0.05, 0.1) is 16.9 Å². The summed E-state index contributed by atoms with van der Waals surface area (Å²) in [5, 5.41) is 0.547. The minimum absolute atomic E-state index is 0.0982. The molecule has 2 bridgehead atoms. The smallest absolute Gasteiger partial charge is 0.326 e. The van der Waals surface area contributed by atoms with Crippen LogP contribution in [0.3, 0.4) is 0 Å². The van der Waals surface area contributed by atoms with Crippen molar-refractivity contribution in [1.82, 2.24) is 4.90 Å². The number of hydrogen-bond donors (Lipinski definition) is 0. The SMILES string of the molecule is O=C(CN1C(=O)[C@H]2[C@@H]3C=C[C@@H]([C@H]4C[C@H]34)[C@@H]2C1=O)OCC(=O)c1ccc(Cl)cc1Cl. The van der Waals surface area contributed by atoms with Gasteiger partial charge < -0.3 is 4.74 Å². The van der Waals surface area contributed by atoms with E-state index in [4.69, 9.17) is 27.9 Å². The largest absolute Gasteiger partial charge is 0.456 e. The van der Waals surface area contributed by atoms with Crippen LogP contribution >= 0.6 is 23.2 Å². The summed E-state index contributed by atoms with van der Waals surface area (Å²) in [5.74, 6) is -1.41. The Labute approximate surface area is 176 Å². The number of allylic oxidation sites excluding steroid dienone is 2. The number of amides is 2. The average Bonchev–Trinajstić information content (AvgIpc) is 3.47. The highest BCUT2D eigenvalue weighted by molar-refractivity contribution is 6.36. The summed E-state index contributed by atoms with van der Waals surface area (Å²) in [5.41, 5.74) is 0.185. The van der Waals surface area contributed by atoms with Gasteiger partial charge in [-0.05, 0) is 48.3 Å². The Morgan fingerprint density at radius 2 is 1.66 bits per heavy atom. The van der Waals surface area contributed by atoms with E-state index in [1.807, 2.05) is 0 Å². The van der Waals surface area contributed by atoms with Gasteiger partial charge in [-0.15, -0.1) is 0 Å². The Bertz CT molecular complexity index is 953. The van der Waals surface area contributed by atoms with Crippen LogP contribution in [0.5, 0.6) is 0 Å². The molecule has 6 atom stereocenters. The van der Waals surface area contributed by atoms with E-state index in [9.17, 15) is 19.2 Å². The number of esters is 1. The summed E-state index contributed by atoms with van der Waals surface area (Å²) < 4.78 is 5.01. The Kier molecular flexibility index (Phi) is 4.33. The minimum Gasteiger partial charge on any atom is -0.456 e. The average molecular weight is 434 g/mol. The first-order chi connectivity index (χ1) is 13.9. The van der Waals surface area contributed by atoms with Crippen LogP contribution in [0.4, 0.5) is 0 Å². The van der Waals surface area contributed by atoms with Crippen LogP contribution in [0.25, 0.3) is 0 Å². The second-order valence-electron chi connectivity index (χ2n) is 8.13. The Morgan fingerprint density at radius 1 is 1.03 bits per heavy atom. The number of hydrogen-bond acceptors (Lipinski definition) is 5. The van der Waals surface area contributed by atoms with E-state index in [2.05, 4.69) is 12.2 Å². The summed E-state index contributed by atoms with van der Waals surface area (Å²) in [6.07, 6.45) is 5.22. The second kappa shape index (κ2) is 6.67. The van der Waals surface area contributed by atoms with Crippen LogP contribution in [0, 0.1) is 35.5 Å². The van der Waals surface area contributed by atoms with Crippen LogP contribution in [0.2, 0.25) is 10.0 Å². The van der Waals surface area contributed by atoms with Crippen molar-refractivity contribution >= 4 is 46.8 Å². The van der Waals surface area contributed by atoms with Crippen molar-refractivity contribution in [3.05, 3.63) is 46.0 Å². The van der Waals surface area contributed by atoms with Crippen molar-refractivity contribution < 1.29 is 23.9 Å². The van der Waals surface area contributed by atoms with E-state index >= 15 is 0 Å². The van der Waals surface area contributed by atoms with Crippen molar-refractivity contribution in [2.45, 2.75) is 6.42 Å².